The van der Waals surface area contributed by atoms with Crippen LogP contribution in [0.15, 0.2) is 12.1 Å². The molecule has 19 heavy (non-hydrogen) atoms. The number of fused-ring (bicyclic) bond motifs is 1. The minimum Gasteiger partial charge on any atom is -0.396 e. The second-order valence-electron chi connectivity index (χ2n) is 4.31. The van der Waals surface area contributed by atoms with Gasteiger partial charge < -0.3 is 10.0 Å². The van der Waals surface area contributed by atoms with Crippen molar-refractivity contribution in [1.29, 1.82) is 0 Å². The van der Waals surface area contributed by atoms with E-state index >= 15 is 0 Å². The topological polar surface area (TPSA) is 40.5 Å². The van der Waals surface area contributed by atoms with Gasteiger partial charge in [-0.05, 0) is 23.3 Å². The molecular weight excluding hydrogens is 285 g/mol. The molecule has 1 heterocycles. The number of hydrogen-bond donors (Lipinski definition) is 1. The summed E-state index contributed by atoms with van der Waals surface area (Å²) in [4.78, 5) is 13.6. The minimum atomic E-state index is -0.366. The lowest BCUT2D eigenvalue weighted by molar-refractivity contribution is -0.136. The number of hydrogen-bond acceptors (Lipinski definition) is 2. The Morgan fingerprint density at radius 1 is 1.26 bits per heavy atom. The maximum Gasteiger partial charge on any atom is 0.228 e. The average molecular weight is 304 g/mol. The Hall–Kier alpha value is -0.770. The van der Waals surface area contributed by atoms with E-state index < -0.39 is 0 Å². The summed E-state index contributed by atoms with van der Waals surface area (Å²) >= 11 is 11.9. The van der Waals surface area contributed by atoms with Crippen LogP contribution in [0.3, 0.4) is 0 Å². The van der Waals surface area contributed by atoms with Crippen molar-refractivity contribution in [3.8, 4) is 0 Å². The van der Waals surface area contributed by atoms with Crippen molar-refractivity contribution in [1.82, 2.24) is 4.90 Å². The highest BCUT2D eigenvalue weighted by molar-refractivity contribution is 6.42. The normalized spacial score (nSPS) is 14.5. The highest BCUT2D eigenvalue weighted by Crippen LogP contribution is 2.31. The molecule has 0 saturated heterocycles. The Kier molecular flexibility index (Phi) is 6.11. The predicted octanol–water partition coefficient (Wildman–Crippen LogP) is 3.49. The first kappa shape index (κ1) is 16.3. The lowest BCUT2D eigenvalue weighted by Crippen LogP contribution is -2.32. The molecule has 1 aliphatic heterocycles. The lowest BCUT2D eigenvalue weighted by atomic mass is 10.1. The Balaban J connectivity index is 0.000000861. The maximum absolute atomic E-state index is 11.9. The summed E-state index contributed by atoms with van der Waals surface area (Å²) in [6.45, 7) is 6.66. The zero-order valence-electron chi connectivity index (χ0n) is 11.4. The van der Waals surface area contributed by atoms with Crippen molar-refractivity contribution in [3.05, 3.63) is 33.3 Å². The summed E-state index contributed by atoms with van der Waals surface area (Å²) in [7, 11) is 0. The lowest BCUT2D eigenvalue weighted by Gasteiger charge is -2.18. The summed E-state index contributed by atoms with van der Waals surface area (Å²) in [5.41, 5.74) is 2.05. The summed E-state index contributed by atoms with van der Waals surface area (Å²) in [5.74, 6) is -0.411. The van der Waals surface area contributed by atoms with Crippen LogP contribution >= 0.6 is 23.2 Å². The number of benzene rings is 1. The van der Waals surface area contributed by atoms with Gasteiger partial charge in [-0.25, -0.2) is 0 Å². The van der Waals surface area contributed by atoms with Gasteiger partial charge in [0.1, 0.15) is 0 Å². The van der Waals surface area contributed by atoms with E-state index in [1.807, 2.05) is 13.8 Å². The molecule has 106 valence electrons. The van der Waals surface area contributed by atoms with Gasteiger partial charge in [0, 0.05) is 13.1 Å². The first-order valence-electron chi connectivity index (χ1n) is 6.39. The average Bonchev–Trinajstić information content (AvgIpc) is 2.82. The van der Waals surface area contributed by atoms with Crippen LogP contribution in [0.2, 0.25) is 10.0 Å². The molecule has 1 aromatic rings. The first-order chi connectivity index (χ1) is 9.02. The molecular formula is C14H19Cl2NO2. The number of aliphatic hydroxyl groups excluding tert-OH is 1. The molecule has 0 radical (unpaired) electrons. The van der Waals surface area contributed by atoms with E-state index in [2.05, 4.69) is 0 Å². The standard InChI is InChI=1S/C12H13Cl2NO2.C2H6/c1-7(6-16)12(17)15-4-8-2-10(13)11(14)3-9(8)5-15;1-2/h2-3,7,16H,4-6H2,1H3;1-2H3. The van der Waals surface area contributed by atoms with Crippen molar-refractivity contribution in [2.24, 2.45) is 5.92 Å². The van der Waals surface area contributed by atoms with Crippen molar-refractivity contribution < 1.29 is 9.90 Å². The van der Waals surface area contributed by atoms with Crippen LogP contribution in [0.1, 0.15) is 31.9 Å². The van der Waals surface area contributed by atoms with Gasteiger partial charge >= 0.3 is 0 Å². The van der Waals surface area contributed by atoms with Crippen LogP contribution in [0, 0.1) is 5.92 Å². The molecule has 1 N–H and O–H groups in total. The van der Waals surface area contributed by atoms with Gasteiger partial charge in [0.15, 0.2) is 0 Å². The van der Waals surface area contributed by atoms with E-state index in [-0.39, 0.29) is 18.4 Å². The molecule has 5 heteroatoms. The highest BCUT2D eigenvalue weighted by atomic mass is 35.5. The molecule has 0 saturated carbocycles. The zero-order chi connectivity index (χ0) is 14.6. The monoisotopic (exact) mass is 303 g/mol. The van der Waals surface area contributed by atoms with Crippen molar-refractivity contribution in [3.63, 3.8) is 0 Å². The van der Waals surface area contributed by atoms with Gasteiger partial charge in [-0.1, -0.05) is 44.0 Å². The number of carbonyl (C=O) groups excluding carboxylic acids is 1. The summed E-state index contributed by atoms with van der Waals surface area (Å²) < 4.78 is 0. The van der Waals surface area contributed by atoms with Gasteiger partial charge in [0.2, 0.25) is 5.91 Å². The smallest absolute Gasteiger partial charge is 0.228 e. The van der Waals surface area contributed by atoms with Crippen LogP contribution in [0.25, 0.3) is 0 Å². The van der Waals surface area contributed by atoms with E-state index in [0.29, 0.717) is 23.1 Å². The molecule has 0 fully saturated rings. The van der Waals surface area contributed by atoms with E-state index in [1.54, 1.807) is 24.0 Å². The minimum absolute atomic E-state index is 0.0454. The van der Waals surface area contributed by atoms with Crippen LogP contribution in [0.4, 0.5) is 0 Å². The summed E-state index contributed by atoms with van der Waals surface area (Å²) in [6.07, 6.45) is 0. The van der Waals surface area contributed by atoms with Gasteiger partial charge in [-0.3, -0.25) is 4.79 Å². The van der Waals surface area contributed by atoms with E-state index in [4.69, 9.17) is 28.3 Å². The molecule has 0 aromatic heterocycles. The molecule has 3 nitrogen and oxygen atoms in total. The fraction of sp³-hybridized carbons (Fsp3) is 0.500. The molecule has 1 unspecified atom stereocenters. The van der Waals surface area contributed by atoms with Gasteiger partial charge in [0.05, 0.1) is 22.6 Å². The summed E-state index contributed by atoms with van der Waals surface area (Å²) in [5, 5.41) is 10.00. The number of carbonyl (C=O) groups is 1. The van der Waals surface area contributed by atoms with E-state index in [0.717, 1.165) is 11.1 Å². The Morgan fingerprint density at radius 3 is 2.05 bits per heavy atom. The Morgan fingerprint density at radius 2 is 1.68 bits per heavy atom. The highest BCUT2D eigenvalue weighted by Gasteiger charge is 2.27. The predicted molar refractivity (Wildman–Crippen MR) is 78.3 cm³/mol. The third-order valence-corrected chi connectivity index (χ3v) is 3.69. The van der Waals surface area contributed by atoms with Gasteiger partial charge in [0.25, 0.3) is 0 Å². The molecule has 0 aliphatic carbocycles. The van der Waals surface area contributed by atoms with Crippen LogP contribution in [0.5, 0.6) is 0 Å². The molecule has 0 bridgehead atoms. The molecule has 2 rings (SSSR count). The van der Waals surface area contributed by atoms with Gasteiger partial charge in [-0.15, -0.1) is 0 Å². The second-order valence-corrected chi connectivity index (χ2v) is 5.13. The maximum atomic E-state index is 11.9. The third-order valence-electron chi connectivity index (χ3n) is 2.97. The Bertz CT molecular complexity index is 432. The zero-order valence-corrected chi connectivity index (χ0v) is 12.9. The first-order valence-corrected chi connectivity index (χ1v) is 7.15. The van der Waals surface area contributed by atoms with E-state index in [1.165, 1.54) is 0 Å². The van der Waals surface area contributed by atoms with Crippen molar-refractivity contribution in [2.45, 2.75) is 33.9 Å². The molecule has 1 atom stereocenters. The fourth-order valence-corrected chi connectivity index (χ4v) is 2.31. The number of aliphatic hydroxyl groups is 1. The van der Waals surface area contributed by atoms with Crippen molar-refractivity contribution >= 4 is 29.1 Å². The number of rotatable bonds is 2. The second kappa shape index (κ2) is 7.13. The third kappa shape index (κ3) is 3.62. The van der Waals surface area contributed by atoms with Gasteiger partial charge in [-0.2, -0.15) is 0 Å². The van der Waals surface area contributed by atoms with E-state index in [9.17, 15) is 4.79 Å². The molecule has 0 spiro atoms. The molecule has 1 aliphatic rings. The molecule has 1 aromatic carbocycles. The fourth-order valence-electron chi connectivity index (χ4n) is 1.94. The number of halogens is 2. The quantitative estimate of drug-likeness (QED) is 0.908. The van der Waals surface area contributed by atoms with Crippen molar-refractivity contribution in [2.75, 3.05) is 6.61 Å². The SMILES string of the molecule is CC.CC(CO)C(=O)N1Cc2cc(Cl)c(Cl)cc2C1. The van der Waals surface area contributed by atoms with Crippen LogP contribution in [-0.4, -0.2) is 22.5 Å². The number of nitrogens with zero attached hydrogens (tertiary/aromatic N) is 1. The number of amides is 1. The molecule has 1 amide bonds. The summed E-state index contributed by atoms with van der Waals surface area (Å²) in [6, 6.07) is 3.60. The largest absolute Gasteiger partial charge is 0.396 e. The van der Waals surface area contributed by atoms with Crippen LogP contribution in [-0.2, 0) is 17.9 Å². The van der Waals surface area contributed by atoms with Crippen LogP contribution < -0.4 is 0 Å². The Labute approximate surface area is 124 Å².